The van der Waals surface area contributed by atoms with E-state index in [-0.39, 0.29) is 0 Å². The van der Waals surface area contributed by atoms with Crippen molar-refractivity contribution in [3.63, 3.8) is 0 Å². The van der Waals surface area contributed by atoms with Crippen molar-refractivity contribution in [2.75, 3.05) is 6.26 Å². The second kappa shape index (κ2) is 4.51. The highest BCUT2D eigenvalue weighted by Crippen LogP contribution is 1.95. The van der Waals surface area contributed by atoms with Crippen molar-refractivity contribution in [1.29, 1.82) is 0 Å². The lowest BCUT2D eigenvalue weighted by Crippen LogP contribution is -2.35. The summed E-state index contributed by atoms with van der Waals surface area (Å²) in [6.45, 7) is 1.55. The Morgan fingerprint density at radius 1 is 1.80 bits per heavy atom. The van der Waals surface area contributed by atoms with Crippen LogP contribution in [0.4, 0.5) is 0 Å². The molecule has 0 saturated carbocycles. The molecular formula is C5H9NO2S2. The maximum Gasteiger partial charge on any atom is 0.325 e. The number of hydrogen-bond acceptors (Lipinski definition) is 3. The number of carboxylic acid groups (broad SMARTS) is 1. The third-order valence-corrected chi connectivity index (χ3v) is 2.00. The summed E-state index contributed by atoms with van der Waals surface area (Å²) in [6, 6.07) is -0.597. The molecule has 3 nitrogen and oxygen atoms in total. The van der Waals surface area contributed by atoms with Crippen LogP contribution < -0.4 is 5.32 Å². The van der Waals surface area contributed by atoms with Gasteiger partial charge in [0.05, 0.1) is 0 Å². The Hall–Kier alpha value is -0.290. The first-order valence-corrected chi connectivity index (χ1v) is 4.28. The molecule has 0 amide bonds. The Bertz CT molecular complexity index is 149. The predicted octanol–water partition coefficient (Wildman–Crippen LogP) is 0.697. The van der Waals surface area contributed by atoms with E-state index in [0.717, 1.165) is 0 Å². The average Bonchev–Trinajstić information content (AvgIpc) is 1.87. The van der Waals surface area contributed by atoms with Crippen LogP contribution in [0.25, 0.3) is 0 Å². The molecule has 1 atom stereocenters. The number of nitrogens with one attached hydrogen (secondary N) is 1. The molecule has 0 fully saturated rings. The van der Waals surface area contributed by atoms with Crippen molar-refractivity contribution in [3.8, 4) is 0 Å². The molecule has 0 heterocycles. The predicted molar refractivity (Wildman–Crippen MR) is 46.3 cm³/mol. The highest BCUT2D eigenvalue weighted by Gasteiger charge is 2.09. The van der Waals surface area contributed by atoms with Crippen LogP contribution in [-0.4, -0.2) is 27.7 Å². The molecule has 0 aromatic carbocycles. The molecule has 10 heavy (non-hydrogen) atoms. The lowest BCUT2D eigenvalue weighted by atomic mass is 10.4. The van der Waals surface area contributed by atoms with Gasteiger partial charge in [0.15, 0.2) is 0 Å². The van der Waals surface area contributed by atoms with Gasteiger partial charge < -0.3 is 10.4 Å². The summed E-state index contributed by atoms with van der Waals surface area (Å²) >= 11 is 6.07. The molecule has 0 saturated heterocycles. The molecule has 1 unspecified atom stereocenters. The molecule has 0 rings (SSSR count). The van der Waals surface area contributed by atoms with Crippen molar-refractivity contribution < 1.29 is 9.90 Å². The van der Waals surface area contributed by atoms with Gasteiger partial charge >= 0.3 is 5.97 Å². The standard InChI is InChI=1S/C5H9NO2S2/c1-3(4(7)8)6-5(9)10-2/h3H,1-2H3,(H,6,9)(H,7,8). The van der Waals surface area contributed by atoms with Crippen LogP contribution in [0.2, 0.25) is 0 Å². The van der Waals surface area contributed by atoms with Crippen molar-refractivity contribution in [3.05, 3.63) is 0 Å². The number of aliphatic carboxylic acids is 1. The van der Waals surface area contributed by atoms with E-state index in [0.29, 0.717) is 4.32 Å². The molecule has 5 heteroatoms. The highest BCUT2D eigenvalue weighted by molar-refractivity contribution is 8.22. The van der Waals surface area contributed by atoms with Gasteiger partial charge in [-0.2, -0.15) is 0 Å². The van der Waals surface area contributed by atoms with Crippen molar-refractivity contribution in [2.24, 2.45) is 0 Å². The molecule has 0 aliphatic rings. The van der Waals surface area contributed by atoms with Gasteiger partial charge in [-0.15, -0.1) is 11.8 Å². The SMILES string of the molecule is CSC(=S)NC(C)C(=O)O. The van der Waals surface area contributed by atoms with E-state index < -0.39 is 12.0 Å². The largest absolute Gasteiger partial charge is 0.480 e. The van der Waals surface area contributed by atoms with Crippen LogP contribution in [0.15, 0.2) is 0 Å². The summed E-state index contributed by atoms with van der Waals surface area (Å²) in [5, 5.41) is 11.0. The van der Waals surface area contributed by atoms with Gasteiger partial charge in [0.1, 0.15) is 10.4 Å². The zero-order valence-electron chi connectivity index (χ0n) is 5.75. The van der Waals surface area contributed by atoms with E-state index in [1.807, 2.05) is 0 Å². The number of hydrogen-bond donors (Lipinski definition) is 2. The fourth-order valence-corrected chi connectivity index (χ4v) is 0.769. The average molecular weight is 179 g/mol. The summed E-state index contributed by atoms with van der Waals surface area (Å²) in [5.74, 6) is -0.892. The molecule has 0 aromatic rings. The Balaban J connectivity index is 3.68. The van der Waals surface area contributed by atoms with Crippen LogP contribution in [0.1, 0.15) is 6.92 Å². The molecule has 0 aliphatic heterocycles. The van der Waals surface area contributed by atoms with Crippen LogP contribution in [0.5, 0.6) is 0 Å². The first kappa shape index (κ1) is 9.71. The van der Waals surface area contributed by atoms with Gasteiger partial charge in [-0.25, -0.2) is 0 Å². The molecule has 0 spiro atoms. The lowest BCUT2D eigenvalue weighted by Gasteiger charge is -2.08. The lowest BCUT2D eigenvalue weighted by molar-refractivity contribution is -0.138. The minimum Gasteiger partial charge on any atom is -0.480 e. The Labute approximate surface area is 69.2 Å². The number of carboxylic acids is 1. The van der Waals surface area contributed by atoms with Crippen LogP contribution in [0.3, 0.4) is 0 Å². The van der Waals surface area contributed by atoms with Crippen LogP contribution in [-0.2, 0) is 4.79 Å². The van der Waals surface area contributed by atoms with E-state index in [2.05, 4.69) is 5.32 Å². The Morgan fingerprint density at radius 3 is 2.60 bits per heavy atom. The number of rotatable bonds is 2. The fraction of sp³-hybridized carbons (Fsp3) is 0.600. The molecule has 2 N–H and O–H groups in total. The zero-order chi connectivity index (χ0) is 8.15. The fourth-order valence-electron chi connectivity index (χ4n) is 0.297. The van der Waals surface area contributed by atoms with E-state index in [4.69, 9.17) is 17.3 Å². The van der Waals surface area contributed by atoms with Gasteiger partial charge in [-0.05, 0) is 13.2 Å². The third kappa shape index (κ3) is 3.68. The van der Waals surface area contributed by atoms with Gasteiger partial charge in [0, 0.05) is 0 Å². The first-order chi connectivity index (χ1) is 4.57. The van der Waals surface area contributed by atoms with Gasteiger partial charge in [0.25, 0.3) is 0 Å². The molecule has 0 radical (unpaired) electrons. The summed E-state index contributed by atoms with van der Waals surface area (Å²) < 4.78 is 0.509. The van der Waals surface area contributed by atoms with E-state index in [9.17, 15) is 4.79 Å². The zero-order valence-corrected chi connectivity index (χ0v) is 7.38. The third-order valence-electron chi connectivity index (χ3n) is 0.890. The van der Waals surface area contributed by atoms with Gasteiger partial charge in [-0.1, -0.05) is 12.2 Å². The van der Waals surface area contributed by atoms with Gasteiger partial charge in [-0.3, -0.25) is 4.79 Å². The van der Waals surface area contributed by atoms with E-state index in [1.165, 1.54) is 11.8 Å². The normalized spacial score (nSPS) is 12.2. The maximum atomic E-state index is 10.2. The second-order valence-electron chi connectivity index (χ2n) is 1.70. The quantitative estimate of drug-likeness (QED) is 0.611. The summed E-state index contributed by atoms with van der Waals surface area (Å²) in [6.07, 6.45) is 1.80. The number of carbonyl (C=O) groups is 1. The smallest absolute Gasteiger partial charge is 0.325 e. The Kier molecular flexibility index (Phi) is 4.38. The first-order valence-electron chi connectivity index (χ1n) is 2.65. The second-order valence-corrected chi connectivity index (χ2v) is 3.18. The van der Waals surface area contributed by atoms with Crippen LogP contribution >= 0.6 is 24.0 Å². The van der Waals surface area contributed by atoms with Crippen molar-refractivity contribution in [1.82, 2.24) is 5.32 Å². The number of thiocarbonyl (C=S) groups is 1. The number of thioether (sulfide) groups is 1. The molecule has 0 aromatic heterocycles. The molecule has 58 valence electrons. The van der Waals surface area contributed by atoms with E-state index >= 15 is 0 Å². The highest BCUT2D eigenvalue weighted by atomic mass is 32.2. The topological polar surface area (TPSA) is 49.3 Å². The van der Waals surface area contributed by atoms with Crippen molar-refractivity contribution >= 4 is 34.3 Å². The Morgan fingerprint density at radius 2 is 2.30 bits per heavy atom. The summed E-state index contributed by atoms with van der Waals surface area (Å²) in [7, 11) is 0. The monoisotopic (exact) mass is 179 g/mol. The summed E-state index contributed by atoms with van der Waals surface area (Å²) in [4.78, 5) is 10.2. The van der Waals surface area contributed by atoms with Crippen LogP contribution in [0, 0.1) is 0 Å². The minimum atomic E-state index is -0.892. The maximum absolute atomic E-state index is 10.2. The minimum absolute atomic E-state index is 0.509. The molecule has 0 aliphatic carbocycles. The van der Waals surface area contributed by atoms with Crippen molar-refractivity contribution in [2.45, 2.75) is 13.0 Å². The summed E-state index contributed by atoms with van der Waals surface area (Å²) in [5.41, 5.74) is 0. The van der Waals surface area contributed by atoms with E-state index in [1.54, 1.807) is 13.2 Å². The van der Waals surface area contributed by atoms with Gasteiger partial charge in [0.2, 0.25) is 0 Å². The molecular weight excluding hydrogens is 170 g/mol. The molecule has 0 bridgehead atoms.